The summed E-state index contributed by atoms with van der Waals surface area (Å²) in [5, 5.41) is 2.56. The number of methoxy groups -OCH3 is 1. The van der Waals surface area contributed by atoms with Gasteiger partial charge < -0.3 is 18.6 Å². The molecule has 0 radical (unpaired) electrons. The average Bonchev–Trinajstić information content (AvgIpc) is 2.70. The standard InChI is InChI=1S/C23H34O4Si/c1-23(2,3)28(21-11-7-5-8-12-21,22-13-9-6-10-14-22)27-20-19-26-18-17-25-16-15-24-4/h5-14H,15-20H2,1-4H3. The summed E-state index contributed by atoms with van der Waals surface area (Å²) in [5.74, 6) is 0. The van der Waals surface area contributed by atoms with E-state index >= 15 is 0 Å². The number of hydrogen-bond acceptors (Lipinski definition) is 4. The number of rotatable bonds is 12. The molecule has 0 fully saturated rings. The highest BCUT2D eigenvalue weighted by Crippen LogP contribution is 2.36. The van der Waals surface area contributed by atoms with E-state index in [9.17, 15) is 0 Å². The second-order valence-electron chi connectivity index (χ2n) is 7.73. The van der Waals surface area contributed by atoms with E-state index < -0.39 is 8.32 Å². The molecular weight excluding hydrogens is 368 g/mol. The van der Waals surface area contributed by atoms with Crippen LogP contribution in [0.15, 0.2) is 60.7 Å². The normalized spacial score (nSPS) is 12.3. The third-order valence-corrected chi connectivity index (χ3v) is 9.81. The van der Waals surface area contributed by atoms with E-state index in [1.165, 1.54) is 10.4 Å². The van der Waals surface area contributed by atoms with Gasteiger partial charge >= 0.3 is 0 Å². The Kier molecular flexibility index (Phi) is 9.35. The maximum atomic E-state index is 6.76. The first-order valence-electron chi connectivity index (χ1n) is 9.92. The van der Waals surface area contributed by atoms with Crippen molar-refractivity contribution < 1.29 is 18.6 Å². The van der Waals surface area contributed by atoms with Crippen LogP contribution in [0.4, 0.5) is 0 Å². The lowest BCUT2D eigenvalue weighted by Gasteiger charge is -2.43. The molecule has 0 bridgehead atoms. The van der Waals surface area contributed by atoms with E-state index in [-0.39, 0.29) is 5.04 Å². The van der Waals surface area contributed by atoms with Crippen LogP contribution >= 0.6 is 0 Å². The molecule has 2 aromatic carbocycles. The van der Waals surface area contributed by atoms with Crippen LogP contribution in [0.25, 0.3) is 0 Å². The fraction of sp³-hybridized carbons (Fsp3) is 0.478. The van der Waals surface area contributed by atoms with Crippen LogP contribution in [-0.4, -0.2) is 55.1 Å². The summed E-state index contributed by atoms with van der Waals surface area (Å²) in [6.45, 7) is 10.3. The van der Waals surface area contributed by atoms with Crippen molar-refractivity contribution in [2.75, 3.05) is 46.8 Å². The molecule has 2 aromatic rings. The number of benzene rings is 2. The predicted molar refractivity (Wildman–Crippen MR) is 117 cm³/mol. The summed E-state index contributed by atoms with van der Waals surface area (Å²) in [6.07, 6.45) is 0. The summed E-state index contributed by atoms with van der Waals surface area (Å²) >= 11 is 0. The molecule has 0 heterocycles. The molecule has 0 aromatic heterocycles. The van der Waals surface area contributed by atoms with Gasteiger partial charge in [0.2, 0.25) is 0 Å². The van der Waals surface area contributed by atoms with Gasteiger partial charge in [0.25, 0.3) is 8.32 Å². The van der Waals surface area contributed by atoms with Crippen molar-refractivity contribution in [1.82, 2.24) is 0 Å². The Morgan fingerprint density at radius 1 is 0.643 bits per heavy atom. The van der Waals surface area contributed by atoms with E-state index in [2.05, 4.69) is 81.4 Å². The summed E-state index contributed by atoms with van der Waals surface area (Å²) < 4.78 is 22.9. The molecule has 5 heteroatoms. The first-order valence-corrected chi connectivity index (χ1v) is 11.8. The summed E-state index contributed by atoms with van der Waals surface area (Å²) in [7, 11) is -0.795. The number of ether oxygens (including phenoxy) is 3. The van der Waals surface area contributed by atoms with Gasteiger partial charge in [-0.2, -0.15) is 0 Å². The molecule has 0 amide bonds. The highest BCUT2D eigenvalue weighted by atomic mass is 28.4. The molecule has 154 valence electrons. The van der Waals surface area contributed by atoms with Gasteiger partial charge in [-0.3, -0.25) is 0 Å². The highest BCUT2D eigenvalue weighted by Gasteiger charge is 2.49. The molecule has 0 aliphatic heterocycles. The minimum Gasteiger partial charge on any atom is -0.405 e. The van der Waals surface area contributed by atoms with Crippen LogP contribution in [-0.2, 0) is 18.6 Å². The van der Waals surface area contributed by atoms with Crippen LogP contribution in [0.3, 0.4) is 0 Å². The Morgan fingerprint density at radius 2 is 1.07 bits per heavy atom. The third kappa shape index (κ3) is 6.00. The van der Waals surface area contributed by atoms with E-state index in [1.54, 1.807) is 7.11 Å². The Labute approximate surface area is 170 Å². The Bertz CT molecular complexity index is 616. The quantitative estimate of drug-likeness (QED) is 0.403. The second-order valence-corrected chi connectivity index (χ2v) is 12.0. The van der Waals surface area contributed by atoms with Crippen molar-refractivity contribution in [3.8, 4) is 0 Å². The Balaban J connectivity index is 2.08. The highest BCUT2D eigenvalue weighted by molar-refractivity contribution is 6.99. The fourth-order valence-corrected chi connectivity index (χ4v) is 8.02. The molecule has 0 saturated heterocycles. The maximum absolute atomic E-state index is 6.76. The summed E-state index contributed by atoms with van der Waals surface area (Å²) in [4.78, 5) is 0. The minimum absolute atomic E-state index is 0.0149. The molecule has 0 saturated carbocycles. The smallest absolute Gasteiger partial charge is 0.261 e. The molecule has 0 N–H and O–H groups in total. The molecular formula is C23H34O4Si. The molecule has 4 nitrogen and oxygen atoms in total. The van der Waals surface area contributed by atoms with Gasteiger partial charge in [-0.15, -0.1) is 0 Å². The van der Waals surface area contributed by atoms with Gasteiger partial charge in [-0.1, -0.05) is 81.4 Å². The van der Waals surface area contributed by atoms with Gasteiger partial charge in [0, 0.05) is 7.11 Å². The lowest BCUT2D eigenvalue weighted by molar-refractivity contribution is 0.0172. The third-order valence-electron chi connectivity index (χ3n) is 4.77. The van der Waals surface area contributed by atoms with Crippen molar-refractivity contribution in [3.05, 3.63) is 60.7 Å². The summed E-state index contributed by atoms with van der Waals surface area (Å²) in [6, 6.07) is 21.3. The summed E-state index contributed by atoms with van der Waals surface area (Å²) in [5.41, 5.74) is 0. The van der Waals surface area contributed by atoms with Crippen molar-refractivity contribution >= 4 is 18.7 Å². The molecule has 0 aliphatic rings. The van der Waals surface area contributed by atoms with Crippen LogP contribution < -0.4 is 10.4 Å². The van der Waals surface area contributed by atoms with Gasteiger partial charge in [-0.25, -0.2) is 0 Å². The van der Waals surface area contributed by atoms with E-state index in [4.69, 9.17) is 18.6 Å². The second kappa shape index (κ2) is 11.5. The van der Waals surface area contributed by atoms with Gasteiger partial charge in [0.15, 0.2) is 0 Å². The van der Waals surface area contributed by atoms with E-state index in [1.807, 2.05) is 0 Å². The average molecular weight is 403 g/mol. The monoisotopic (exact) mass is 402 g/mol. The largest absolute Gasteiger partial charge is 0.405 e. The van der Waals surface area contributed by atoms with Crippen LogP contribution in [0, 0.1) is 0 Å². The number of hydrogen-bond donors (Lipinski definition) is 0. The molecule has 2 rings (SSSR count). The van der Waals surface area contributed by atoms with E-state index in [0.29, 0.717) is 39.6 Å². The first-order chi connectivity index (χ1) is 13.5. The zero-order valence-corrected chi connectivity index (χ0v) is 18.6. The molecule has 0 unspecified atom stereocenters. The maximum Gasteiger partial charge on any atom is 0.261 e. The lowest BCUT2D eigenvalue weighted by atomic mass is 10.2. The van der Waals surface area contributed by atoms with Crippen molar-refractivity contribution in [1.29, 1.82) is 0 Å². The van der Waals surface area contributed by atoms with E-state index in [0.717, 1.165) is 0 Å². The van der Waals surface area contributed by atoms with Crippen molar-refractivity contribution in [2.24, 2.45) is 0 Å². The zero-order chi connectivity index (χ0) is 20.3. The van der Waals surface area contributed by atoms with Crippen molar-refractivity contribution in [2.45, 2.75) is 25.8 Å². The fourth-order valence-electron chi connectivity index (χ4n) is 3.48. The Hall–Kier alpha value is -1.50. The molecule has 0 atom stereocenters. The first kappa shape index (κ1) is 22.8. The van der Waals surface area contributed by atoms with Crippen LogP contribution in [0.1, 0.15) is 20.8 Å². The zero-order valence-electron chi connectivity index (χ0n) is 17.6. The Morgan fingerprint density at radius 3 is 1.50 bits per heavy atom. The topological polar surface area (TPSA) is 36.9 Å². The van der Waals surface area contributed by atoms with Gasteiger partial charge in [-0.05, 0) is 15.4 Å². The molecule has 0 spiro atoms. The van der Waals surface area contributed by atoms with Crippen LogP contribution in [0.5, 0.6) is 0 Å². The minimum atomic E-state index is -2.46. The van der Waals surface area contributed by atoms with Crippen LogP contribution in [0.2, 0.25) is 5.04 Å². The molecule has 0 aliphatic carbocycles. The lowest BCUT2D eigenvalue weighted by Crippen LogP contribution is -2.66. The predicted octanol–water partition coefficient (Wildman–Crippen LogP) is 3.24. The SMILES string of the molecule is COCCOCCOCCO[Si](c1ccccc1)(c1ccccc1)C(C)(C)C. The molecule has 28 heavy (non-hydrogen) atoms. The van der Waals surface area contributed by atoms with Gasteiger partial charge in [0.1, 0.15) is 0 Å². The van der Waals surface area contributed by atoms with Gasteiger partial charge in [0.05, 0.1) is 39.6 Å². The van der Waals surface area contributed by atoms with Crippen molar-refractivity contribution in [3.63, 3.8) is 0 Å².